The molecule has 0 saturated carbocycles. The highest BCUT2D eigenvalue weighted by Crippen LogP contribution is 2.25. The maximum atomic E-state index is 12.6. The lowest BCUT2D eigenvalue weighted by Crippen LogP contribution is -2.45. The maximum absolute atomic E-state index is 12.6. The Morgan fingerprint density at radius 3 is 2.90 bits per heavy atom. The molecule has 5 nitrogen and oxygen atoms in total. The van der Waals surface area contributed by atoms with Crippen molar-refractivity contribution < 1.29 is 9.59 Å². The fourth-order valence-corrected chi connectivity index (χ4v) is 3.21. The molecular weight excluding hydrogens is 266 g/mol. The zero-order valence-electron chi connectivity index (χ0n) is 12.3. The van der Waals surface area contributed by atoms with Crippen LogP contribution in [0, 0.1) is 0 Å². The van der Waals surface area contributed by atoms with Gasteiger partial charge in [-0.25, -0.2) is 0 Å². The van der Waals surface area contributed by atoms with E-state index in [-0.39, 0.29) is 23.9 Å². The van der Waals surface area contributed by atoms with Gasteiger partial charge >= 0.3 is 0 Å². The number of likely N-dealkylation sites (tertiary alicyclic amines) is 1. The van der Waals surface area contributed by atoms with Gasteiger partial charge in [0, 0.05) is 31.7 Å². The van der Waals surface area contributed by atoms with Crippen LogP contribution in [0.5, 0.6) is 0 Å². The monoisotopic (exact) mass is 287 g/mol. The van der Waals surface area contributed by atoms with Gasteiger partial charge in [-0.15, -0.1) is 0 Å². The van der Waals surface area contributed by atoms with Crippen molar-refractivity contribution in [1.29, 1.82) is 0 Å². The molecule has 1 saturated heterocycles. The smallest absolute Gasteiger partial charge is 0.245 e. The lowest BCUT2D eigenvalue weighted by atomic mass is 9.97. The first-order chi connectivity index (χ1) is 10.1. The zero-order valence-corrected chi connectivity index (χ0v) is 12.3. The summed E-state index contributed by atoms with van der Waals surface area (Å²) in [5.41, 5.74) is 2.35. The summed E-state index contributed by atoms with van der Waals surface area (Å²) >= 11 is 0. The quantitative estimate of drug-likeness (QED) is 0.858. The Balaban J connectivity index is 1.61. The van der Waals surface area contributed by atoms with Crippen molar-refractivity contribution in [2.24, 2.45) is 0 Å². The summed E-state index contributed by atoms with van der Waals surface area (Å²) in [6.45, 7) is 2.87. The van der Waals surface area contributed by atoms with Gasteiger partial charge in [0.2, 0.25) is 11.8 Å². The predicted octanol–water partition coefficient (Wildman–Crippen LogP) is 1.15. The molecule has 2 atom stereocenters. The normalized spacial score (nSPS) is 24.1. The van der Waals surface area contributed by atoms with E-state index >= 15 is 0 Å². The average Bonchev–Trinajstić information content (AvgIpc) is 2.93. The van der Waals surface area contributed by atoms with E-state index in [1.807, 2.05) is 23.1 Å². The lowest BCUT2D eigenvalue weighted by Gasteiger charge is -2.29. The predicted molar refractivity (Wildman–Crippen MR) is 81.0 cm³/mol. The molecule has 2 N–H and O–H groups in total. The van der Waals surface area contributed by atoms with Gasteiger partial charge in [-0.1, -0.05) is 18.2 Å². The van der Waals surface area contributed by atoms with Gasteiger partial charge in [-0.3, -0.25) is 9.59 Å². The van der Waals surface area contributed by atoms with E-state index in [0.717, 1.165) is 31.5 Å². The summed E-state index contributed by atoms with van der Waals surface area (Å²) in [6.07, 6.45) is 2.61. The number of para-hydroxylation sites is 1. The van der Waals surface area contributed by atoms with Crippen molar-refractivity contribution in [2.75, 3.05) is 18.4 Å². The van der Waals surface area contributed by atoms with Gasteiger partial charge in [0.25, 0.3) is 0 Å². The number of carbonyl (C=O) groups excluding carboxylic acids is 2. The molecule has 2 aliphatic rings. The molecule has 0 aliphatic carbocycles. The van der Waals surface area contributed by atoms with Crippen molar-refractivity contribution in [3.63, 3.8) is 0 Å². The first-order valence-electron chi connectivity index (χ1n) is 7.54. The second-order valence-electron chi connectivity index (χ2n) is 5.86. The Hall–Kier alpha value is -2.04. The number of hydrogen-bond donors (Lipinski definition) is 2. The summed E-state index contributed by atoms with van der Waals surface area (Å²) in [6, 6.07) is 8.10. The molecular formula is C16H21N3O2. The summed E-state index contributed by atoms with van der Waals surface area (Å²) < 4.78 is 0. The van der Waals surface area contributed by atoms with E-state index in [2.05, 4.69) is 16.7 Å². The molecule has 0 spiro atoms. The highest BCUT2D eigenvalue weighted by atomic mass is 16.2. The maximum Gasteiger partial charge on any atom is 0.245 e. The van der Waals surface area contributed by atoms with Crippen LogP contribution in [0.15, 0.2) is 24.3 Å². The molecule has 1 aromatic carbocycles. The number of carbonyl (C=O) groups is 2. The summed E-state index contributed by atoms with van der Waals surface area (Å²) in [4.78, 5) is 25.5. The number of aryl methyl sites for hydroxylation is 1. The standard InChI is InChI=1S/C16H21N3O2/c1-11(20)17-13-8-9-19(10-13)16(21)15-7-6-12-4-2-3-5-14(12)18-15/h2-5,13,15,18H,6-10H2,1H3,(H,17,20). The number of hydrogen-bond acceptors (Lipinski definition) is 3. The molecule has 1 fully saturated rings. The number of amides is 2. The number of nitrogens with zero attached hydrogens (tertiary/aromatic N) is 1. The molecule has 112 valence electrons. The van der Waals surface area contributed by atoms with E-state index in [4.69, 9.17) is 0 Å². The molecule has 2 unspecified atom stereocenters. The van der Waals surface area contributed by atoms with Crippen LogP contribution in [0.2, 0.25) is 0 Å². The fourth-order valence-electron chi connectivity index (χ4n) is 3.21. The van der Waals surface area contributed by atoms with Gasteiger partial charge in [-0.2, -0.15) is 0 Å². The molecule has 21 heavy (non-hydrogen) atoms. The highest BCUT2D eigenvalue weighted by Gasteiger charge is 2.32. The first-order valence-corrected chi connectivity index (χ1v) is 7.54. The number of nitrogens with one attached hydrogen (secondary N) is 2. The van der Waals surface area contributed by atoms with Crippen molar-refractivity contribution in [2.45, 2.75) is 38.3 Å². The van der Waals surface area contributed by atoms with Crippen LogP contribution in [0.1, 0.15) is 25.3 Å². The van der Waals surface area contributed by atoms with E-state index in [9.17, 15) is 9.59 Å². The Labute approximate surface area is 124 Å². The fraction of sp³-hybridized carbons (Fsp3) is 0.500. The highest BCUT2D eigenvalue weighted by molar-refractivity contribution is 5.86. The lowest BCUT2D eigenvalue weighted by molar-refractivity contribution is -0.131. The van der Waals surface area contributed by atoms with E-state index in [0.29, 0.717) is 6.54 Å². The minimum Gasteiger partial charge on any atom is -0.373 e. The number of anilines is 1. The Kier molecular flexibility index (Phi) is 3.82. The number of rotatable bonds is 2. The molecule has 0 bridgehead atoms. The van der Waals surface area contributed by atoms with Crippen LogP contribution in [0.3, 0.4) is 0 Å². The molecule has 2 amide bonds. The van der Waals surface area contributed by atoms with Crippen LogP contribution in [0.25, 0.3) is 0 Å². The summed E-state index contributed by atoms with van der Waals surface area (Å²) in [5, 5.41) is 6.24. The van der Waals surface area contributed by atoms with Gasteiger partial charge in [0.1, 0.15) is 6.04 Å². The van der Waals surface area contributed by atoms with Crippen molar-refractivity contribution in [3.05, 3.63) is 29.8 Å². The van der Waals surface area contributed by atoms with Crippen LogP contribution >= 0.6 is 0 Å². The average molecular weight is 287 g/mol. The number of benzene rings is 1. The zero-order chi connectivity index (χ0) is 14.8. The number of fused-ring (bicyclic) bond motifs is 1. The third-order valence-electron chi connectivity index (χ3n) is 4.25. The Bertz CT molecular complexity index is 558. The second-order valence-corrected chi connectivity index (χ2v) is 5.86. The van der Waals surface area contributed by atoms with Crippen LogP contribution in [-0.4, -0.2) is 41.9 Å². The first kappa shape index (κ1) is 13.9. The topological polar surface area (TPSA) is 61.4 Å². The minimum atomic E-state index is -0.143. The minimum absolute atomic E-state index is 0.0287. The third kappa shape index (κ3) is 3.01. The molecule has 2 aliphatic heterocycles. The van der Waals surface area contributed by atoms with Crippen LogP contribution in [-0.2, 0) is 16.0 Å². The Morgan fingerprint density at radius 2 is 2.10 bits per heavy atom. The van der Waals surface area contributed by atoms with Gasteiger partial charge in [0.05, 0.1) is 0 Å². The summed E-state index contributed by atoms with van der Waals surface area (Å²) in [5.74, 6) is 0.122. The SMILES string of the molecule is CC(=O)NC1CCN(C(=O)C2CCc3ccccc3N2)C1. The molecule has 1 aromatic rings. The van der Waals surface area contributed by atoms with Gasteiger partial charge < -0.3 is 15.5 Å². The summed E-state index contributed by atoms with van der Waals surface area (Å²) in [7, 11) is 0. The molecule has 2 heterocycles. The van der Waals surface area contributed by atoms with Gasteiger partial charge in [-0.05, 0) is 30.9 Å². The van der Waals surface area contributed by atoms with Crippen molar-refractivity contribution >= 4 is 17.5 Å². The largest absolute Gasteiger partial charge is 0.373 e. The molecule has 5 heteroatoms. The van der Waals surface area contributed by atoms with E-state index in [1.165, 1.54) is 12.5 Å². The Morgan fingerprint density at radius 1 is 1.29 bits per heavy atom. The van der Waals surface area contributed by atoms with E-state index < -0.39 is 0 Å². The van der Waals surface area contributed by atoms with E-state index in [1.54, 1.807) is 0 Å². The van der Waals surface area contributed by atoms with Crippen molar-refractivity contribution in [3.8, 4) is 0 Å². The molecule has 0 radical (unpaired) electrons. The van der Waals surface area contributed by atoms with Gasteiger partial charge in [0.15, 0.2) is 0 Å². The molecule has 0 aromatic heterocycles. The third-order valence-corrected chi connectivity index (χ3v) is 4.25. The van der Waals surface area contributed by atoms with Crippen LogP contribution < -0.4 is 10.6 Å². The van der Waals surface area contributed by atoms with Crippen LogP contribution in [0.4, 0.5) is 5.69 Å². The van der Waals surface area contributed by atoms with Crippen molar-refractivity contribution in [1.82, 2.24) is 10.2 Å². The second kappa shape index (κ2) is 5.76. The molecule has 3 rings (SSSR count).